The van der Waals surface area contributed by atoms with Crippen LogP contribution in [0, 0.1) is 0 Å². The first kappa shape index (κ1) is 10.9. The van der Waals surface area contributed by atoms with E-state index in [-0.39, 0.29) is 10.9 Å². The molecule has 0 atom stereocenters. The van der Waals surface area contributed by atoms with E-state index in [0.29, 0.717) is 11.6 Å². The maximum atomic E-state index is 13.2. The van der Waals surface area contributed by atoms with Gasteiger partial charge < -0.3 is 5.11 Å². The van der Waals surface area contributed by atoms with Gasteiger partial charge >= 0.3 is 5.97 Å². The molecule has 2 rings (SSSR count). The molecule has 1 aromatic heterocycles. The zero-order chi connectivity index (χ0) is 11.9. The number of fused-ring (bicyclic) bond motifs is 1. The molecule has 16 heavy (non-hydrogen) atoms. The maximum absolute atomic E-state index is 13.2. The predicted octanol–water partition coefficient (Wildman–Crippen LogP) is 3.11. The highest BCUT2D eigenvalue weighted by Crippen LogP contribution is 2.36. The van der Waals surface area contributed by atoms with Gasteiger partial charge in [0.05, 0.1) is 10.3 Å². The molecule has 6 heteroatoms. The van der Waals surface area contributed by atoms with Gasteiger partial charge in [-0.1, -0.05) is 6.07 Å². The Morgan fingerprint density at radius 1 is 1.50 bits per heavy atom. The van der Waals surface area contributed by atoms with Crippen molar-refractivity contribution in [1.82, 2.24) is 4.37 Å². The quantitative estimate of drug-likeness (QED) is 0.881. The third kappa shape index (κ3) is 1.65. The minimum Gasteiger partial charge on any atom is -0.478 e. The number of carbonyl (C=O) groups is 1. The number of alkyl halides is 2. The number of aromatic nitrogens is 1. The Hall–Kier alpha value is -1.56. The van der Waals surface area contributed by atoms with Gasteiger partial charge in [0.25, 0.3) is 5.92 Å². The molecule has 1 heterocycles. The van der Waals surface area contributed by atoms with E-state index in [2.05, 4.69) is 4.37 Å². The number of halogens is 2. The molecule has 0 spiro atoms. The number of carboxylic acids is 1. The van der Waals surface area contributed by atoms with Gasteiger partial charge in [-0.05, 0) is 23.7 Å². The second kappa shape index (κ2) is 3.48. The fraction of sp³-hybridized carbons (Fsp3) is 0.200. The average molecular weight is 243 g/mol. The van der Waals surface area contributed by atoms with Crippen LogP contribution < -0.4 is 0 Å². The van der Waals surface area contributed by atoms with Crippen LogP contribution in [0.15, 0.2) is 18.2 Å². The first-order valence-corrected chi connectivity index (χ1v) is 5.18. The molecule has 0 saturated heterocycles. The summed E-state index contributed by atoms with van der Waals surface area (Å²) in [4.78, 5) is 10.9. The van der Waals surface area contributed by atoms with Crippen molar-refractivity contribution in [2.24, 2.45) is 0 Å². The first-order valence-electron chi connectivity index (χ1n) is 4.41. The van der Waals surface area contributed by atoms with Crippen molar-refractivity contribution in [2.45, 2.75) is 12.8 Å². The highest BCUT2D eigenvalue weighted by atomic mass is 32.1. The Morgan fingerprint density at radius 3 is 2.75 bits per heavy atom. The Kier molecular flexibility index (Phi) is 2.38. The summed E-state index contributed by atoms with van der Waals surface area (Å²) in [5.74, 6) is -4.36. The van der Waals surface area contributed by atoms with E-state index in [1.54, 1.807) is 6.07 Å². The van der Waals surface area contributed by atoms with E-state index >= 15 is 0 Å². The van der Waals surface area contributed by atoms with Crippen molar-refractivity contribution in [3.63, 3.8) is 0 Å². The van der Waals surface area contributed by atoms with Gasteiger partial charge in [-0.15, -0.1) is 0 Å². The Labute approximate surface area is 93.5 Å². The lowest BCUT2D eigenvalue weighted by atomic mass is 10.1. The van der Waals surface area contributed by atoms with Crippen LogP contribution in [0.2, 0.25) is 0 Å². The highest BCUT2D eigenvalue weighted by molar-refractivity contribution is 7.13. The predicted molar refractivity (Wildman–Crippen MR) is 56.1 cm³/mol. The summed E-state index contributed by atoms with van der Waals surface area (Å²) in [5, 5.41) is 8.96. The van der Waals surface area contributed by atoms with Gasteiger partial charge in [0.2, 0.25) is 0 Å². The molecule has 1 N–H and O–H groups in total. The monoisotopic (exact) mass is 243 g/mol. The molecule has 1 aromatic carbocycles. The minimum atomic E-state index is -3.14. The van der Waals surface area contributed by atoms with Crippen LogP contribution in [0.4, 0.5) is 8.78 Å². The number of rotatable bonds is 2. The third-order valence-corrected chi connectivity index (χ3v) is 2.96. The molecule has 0 unspecified atom stereocenters. The summed E-state index contributed by atoms with van der Waals surface area (Å²) >= 11 is 0.879. The molecule has 0 aliphatic heterocycles. The number of nitrogens with zero attached hydrogens (tertiary/aromatic N) is 1. The van der Waals surface area contributed by atoms with Crippen molar-refractivity contribution in [2.75, 3.05) is 0 Å². The third-order valence-electron chi connectivity index (χ3n) is 2.14. The van der Waals surface area contributed by atoms with Gasteiger partial charge in [0.1, 0.15) is 5.69 Å². The lowest BCUT2D eigenvalue weighted by molar-refractivity contribution is 0.0154. The van der Waals surface area contributed by atoms with Crippen molar-refractivity contribution < 1.29 is 18.7 Å². The van der Waals surface area contributed by atoms with E-state index in [9.17, 15) is 13.6 Å². The zero-order valence-electron chi connectivity index (χ0n) is 8.20. The topological polar surface area (TPSA) is 50.2 Å². The van der Waals surface area contributed by atoms with Gasteiger partial charge in [-0.3, -0.25) is 0 Å². The van der Waals surface area contributed by atoms with Crippen LogP contribution in [0.1, 0.15) is 23.0 Å². The summed E-state index contributed by atoms with van der Waals surface area (Å²) in [5.41, 5.74) is -0.603. The molecule has 0 amide bonds. The van der Waals surface area contributed by atoms with Crippen molar-refractivity contribution in [1.29, 1.82) is 0 Å². The molecule has 0 saturated carbocycles. The van der Waals surface area contributed by atoms with Gasteiger partial charge in [0, 0.05) is 12.3 Å². The summed E-state index contributed by atoms with van der Waals surface area (Å²) in [6, 6.07) is 4.39. The molecule has 3 nitrogen and oxygen atoms in total. The largest absolute Gasteiger partial charge is 0.478 e. The van der Waals surface area contributed by atoms with Crippen LogP contribution in [-0.2, 0) is 5.92 Å². The minimum absolute atomic E-state index is 0.0347. The van der Waals surface area contributed by atoms with Crippen molar-refractivity contribution in [3.8, 4) is 0 Å². The normalized spacial score (nSPS) is 11.9. The van der Waals surface area contributed by atoms with Gasteiger partial charge in [-0.25, -0.2) is 4.79 Å². The second-order valence-electron chi connectivity index (χ2n) is 3.40. The van der Waals surface area contributed by atoms with Crippen molar-refractivity contribution >= 4 is 27.6 Å². The van der Waals surface area contributed by atoms with Crippen LogP contribution in [0.5, 0.6) is 0 Å². The number of carboxylic acid groups (broad SMARTS) is 1. The zero-order valence-corrected chi connectivity index (χ0v) is 9.02. The van der Waals surface area contributed by atoms with Crippen LogP contribution in [0.3, 0.4) is 0 Å². The molecule has 0 aliphatic rings. The standard InChI is InChI=1S/C10H7F2NO2S/c1-10(11,12)8-7-5(9(14)15)3-2-4-6(7)16-13-8/h2-4H,1H3,(H,14,15). The first-order chi connectivity index (χ1) is 7.41. The Balaban J connectivity index is 2.83. The smallest absolute Gasteiger partial charge is 0.336 e. The van der Waals surface area contributed by atoms with E-state index < -0.39 is 17.6 Å². The van der Waals surface area contributed by atoms with Crippen molar-refractivity contribution in [3.05, 3.63) is 29.5 Å². The van der Waals surface area contributed by atoms with Gasteiger partial charge in [-0.2, -0.15) is 13.2 Å². The second-order valence-corrected chi connectivity index (χ2v) is 4.21. The molecular formula is C10H7F2NO2S. The van der Waals surface area contributed by atoms with Gasteiger partial charge in [0.15, 0.2) is 0 Å². The lowest BCUT2D eigenvalue weighted by Gasteiger charge is -2.08. The summed E-state index contributed by atoms with van der Waals surface area (Å²) in [6.45, 7) is 0.708. The summed E-state index contributed by atoms with van der Waals surface area (Å²) in [6.07, 6.45) is 0. The Bertz CT molecular complexity index is 559. The van der Waals surface area contributed by atoms with E-state index in [1.807, 2.05) is 0 Å². The SMILES string of the molecule is CC(F)(F)c1nsc2cccc(C(=O)O)c12. The molecule has 0 bridgehead atoms. The van der Waals surface area contributed by atoms with E-state index in [4.69, 9.17) is 5.11 Å². The number of aromatic carboxylic acids is 1. The summed E-state index contributed by atoms with van der Waals surface area (Å²) in [7, 11) is 0. The maximum Gasteiger partial charge on any atom is 0.336 e. The number of benzene rings is 1. The number of hydrogen-bond donors (Lipinski definition) is 1. The summed E-state index contributed by atoms with van der Waals surface area (Å²) < 4.78 is 30.5. The molecule has 84 valence electrons. The fourth-order valence-corrected chi connectivity index (χ4v) is 2.35. The average Bonchev–Trinajstić information content (AvgIpc) is 2.59. The molecular weight excluding hydrogens is 236 g/mol. The molecule has 0 aliphatic carbocycles. The van der Waals surface area contributed by atoms with Crippen LogP contribution >= 0.6 is 11.5 Å². The molecule has 0 fully saturated rings. The Morgan fingerprint density at radius 2 is 2.19 bits per heavy atom. The van der Waals surface area contributed by atoms with Crippen LogP contribution in [-0.4, -0.2) is 15.4 Å². The molecule has 2 aromatic rings. The highest BCUT2D eigenvalue weighted by Gasteiger charge is 2.32. The fourth-order valence-electron chi connectivity index (χ4n) is 1.47. The van der Waals surface area contributed by atoms with E-state index in [0.717, 1.165) is 11.5 Å². The lowest BCUT2D eigenvalue weighted by Crippen LogP contribution is -2.09. The molecule has 0 radical (unpaired) electrons. The number of hydrogen-bond acceptors (Lipinski definition) is 3. The van der Waals surface area contributed by atoms with Crippen LogP contribution in [0.25, 0.3) is 10.1 Å². The van der Waals surface area contributed by atoms with E-state index in [1.165, 1.54) is 12.1 Å².